The Morgan fingerprint density at radius 1 is 1.04 bits per heavy atom. The summed E-state index contributed by atoms with van der Waals surface area (Å²) >= 11 is 0. The first-order valence-electron chi connectivity index (χ1n) is 10.3. The lowest BCUT2D eigenvalue weighted by atomic mass is 9.88. The molecule has 2 aliphatic rings. The Kier molecular flexibility index (Phi) is 6.92. The summed E-state index contributed by atoms with van der Waals surface area (Å²) in [4.78, 5) is 17.5. The topological polar surface area (TPSA) is 23.6 Å². The van der Waals surface area contributed by atoms with Crippen molar-refractivity contribution in [2.75, 3.05) is 20.1 Å². The number of amides is 1. The van der Waals surface area contributed by atoms with Crippen LogP contribution in [0.1, 0.15) is 63.4 Å². The number of aryl methyl sites for hydroxylation is 1. The second kappa shape index (κ2) is 9.38. The largest absolute Gasteiger partial charge is 0.341 e. The van der Waals surface area contributed by atoms with Gasteiger partial charge in [-0.1, -0.05) is 43.2 Å². The number of likely N-dealkylation sites (tertiary alicyclic amines) is 1. The second-order valence-electron chi connectivity index (χ2n) is 7.86. The van der Waals surface area contributed by atoms with Crippen LogP contribution in [0.5, 0.6) is 0 Å². The van der Waals surface area contributed by atoms with Crippen molar-refractivity contribution >= 4 is 5.91 Å². The smallest absolute Gasteiger partial charge is 0.222 e. The molecule has 3 heteroatoms. The molecule has 2 atom stereocenters. The zero-order valence-corrected chi connectivity index (χ0v) is 15.8. The minimum atomic E-state index is 0.351. The highest BCUT2D eigenvalue weighted by Crippen LogP contribution is 2.29. The SMILES string of the molecule is CN(C(=O)CCCCc1ccccc1)[C@@H]1CCCC[C@H]1N1CCCC1. The molecule has 2 fully saturated rings. The van der Waals surface area contributed by atoms with Gasteiger partial charge in [-0.15, -0.1) is 0 Å². The van der Waals surface area contributed by atoms with Crippen molar-refractivity contribution in [3.63, 3.8) is 0 Å². The van der Waals surface area contributed by atoms with Gasteiger partial charge in [0.15, 0.2) is 0 Å². The third kappa shape index (κ3) is 5.07. The van der Waals surface area contributed by atoms with Crippen molar-refractivity contribution < 1.29 is 4.79 Å². The van der Waals surface area contributed by atoms with Crippen molar-refractivity contribution in [2.24, 2.45) is 0 Å². The molecular weight excluding hydrogens is 308 g/mol. The van der Waals surface area contributed by atoms with Crippen molar-refractivity contribution in [3.8, 4) is 0 Å². The Balaban J connectivity index is 1.45. The average Bonchev–Trinajstić information content (AvgIpc) is 3.20. The third-order valence-corrected chi connectivity index (χ3v) is 6.14. The van der Waals surface area contributed by atoms with Crippen LogP contribution in [0.2, 0.25) is 0 Å². The minimum Gasteiger partial charge on any atom is -0.341 e. The van der Waals surface area contributed by atoms with Crippen molar-refractivity contribution in [2.45, 2.75) is 76.3 Å². The molecule has 0 spiro atoms. The standard InChI is InChI=1S/C22H34N2O/c1-23(20-14-6-7-15-21(20)24-17-9-10-18-24)22(25)16-8-5-13-19-11-3-2-4-12-19/h2-4,11-12,20-21H,5-10,13-18H2,1H3/t20-,21-/m1/s1. The average molecular weight is 343 g/mol. The molecule has 0 aromatic heterocycles. The maximum Gasteiger partial charge on any atom is 0.222 e. The summed E-state index contributed by atoms with van der Waals surface area (Å²) < 4.78 is 0. The lowest BCUT2D eigenvalue weighted by Crippen LogP contribution is -2.53. The van der Waals surface area contributed by atoms with Gasteiger partial charge in [0.2, 0.25) is 5.91 Å². The zero-order valence-electron chi connectivity index (χ0n) is 15.8. The third-order valence-electron chi connectivity index (χ3n) is 6.14. The Morgan fingerprint density at radius 2 is 1.76 bits per heavy atom. The minimum absolute atomic E-state index is 0.351. The molecule has 0 N–H and O–H groups in total. The zero-order chi connectivity index (χ0) is 17.5. The molecule has 1 aromatic rings. The number of carbonyl (C=O) groups is 1. The predicted molar refractivity (Wildman–Crippen MR) is 104 cm³/mol. The molecule has 1 amide bonds. The van der Waals surface area contributed by atoms with E-state index >= 15 is 0 Å². The van der Waals surface area contributed by atoms with E-state index in [0.717, 1.165) is 19.3 Å². The molecular formula is C22H34N2O. The lowest BCUT2D eigenvalue weighted by molar-refractivity contribution is -0.134. The van der Waals surface area contributed by atoms with E-state index in [4.69, 9.17) is 0 Å². The number of unbranched alkanes of at least 4 members (excludes halogenated alkanes) is 1. The number of nitrogens with zero attached hydrogens (tertiary/aromatic N) is 2. The molecule has 1 heterocycles. The summed E-state index contributed by atoms with van der Waals surface area (Å²) in [7, 11) is 2.05. The summed E-state index contributed by atoms with van der Waals surface area (Å²) in [5.41, 5.74) is 1.38. The molecule has 1 saturated carbocycles. The highest BCUT2D eigenvalue weighted by molar-refractivity contribution is 5.76. The molecule has 25 heavy (non-hydrogen) atoms. The maximum absolute atomic E-state index is 12.7. The van der Waals surface area contributed by atoms with Crippen molar-refractivity contribution in [1.82, 2.24) is 9.80 Å². The second-order valence-corrected chi connectivity index (χ2v) is 7.86. The van der Waals surface area contributed by atoms with Gasteiger partial charge < -0.3 is 4.90 Å². The Hall–Kier alpha value is -1.35. The fourth-order valence-corrected chi connectivity index (χ4v) is 4.65. The first kappa shape index (κ1) is 18.4. The molecule has 3 nitrogen and oxygen atoms in total. The Morgan fingerprint density at radius 3 is 2.52 bits per heavy atom. The van der Waals surface area contributed by atoms with E-state index in [1.807, 2.05) is 0 Å². The molecule has 0 unspecified atom stereocenters. The molecule has 1 aliphatic heterocycles. The molecule has 1 aromatic carbocycles. The van der Waals surface area contributed by atoms with Gasteiger partial charge in [0, 0.05) is 25.6 Å². The summed E-state index contributed by atoms with van der Waals surface area (Å²) in [6, 6.07) is 11.6. The molecule has 0 bridgehead atoms. The monoisotopic (exact) mass is 342 g/mol. The molecule has 138 valence electrons. The van der Waals surface area contributed by atoms with Crippen LogP contribution in [0.4, 0.5) is 0 Å². The Labute approximate surface area is 153 Å². The molecule has 0 radical (unpaired) electrons. The maximum atomic E-state index is 12.7. The van der Waals surface area contributed by atoms with Gasteiger partial charge >= 0.3 is 0 Å². The first-order chi connectivity index (χ1) is 12.3. The van der Waals surface area contributed by atoms with E-state index in [2.05, 4.69) is 47.2 Å². The van der Waals surface area contributed by atoms with E-state index in [1.165, 1.54) is 57.2 Å². The predicted octanol–water partition coefficient (Wildman–Crippen LogP) is 4.26. The number of carbonyl (C=O) groups excluding carboxylic acids is 1. The number of hydrogen-bond donors (Lipinski definition) is 0. The summed E-state index contributed by atoms with van der Waals surface area (Å²) in [6.07, 6.45) is 11.6. The van der Waals surface area contributed by atoms with Crippen LogP contribution in [0.15, 0.2) is 30.3 Å². The van der Waals surface area contributed by atoms with Gasteiger partial charge in [0.05, 0.1) is 0 Å². The van der Waals surface area contributed by atoms with Gasteiger partial charge in [0.1, 0.15) is 0 Å². The summed E-state index contributed by atoms with van der Waals surface area (Å²) in [5.74, 6) is 0.351. The van der Waals surface area contributed by atoms with Gasteiger partial charge in [0.25, 0.3) is 0 Å². The number of benzene rings is 1. The normalized spacial score (nSPS) is 24.4. The van der Waals surface area contributed by atoms with Gasteiger partial charge in [-0.25, -0.2) is 0 Å². The van der Waals surface area contributed by atoms with E-state index in [0.29, 0.717) is 24.4 Å². The van der Waals surface area contributed by atoms with Crippen molar-refractivity contribution in [3.05, 3.63) is 35.9 Å². The van der Waals surface area contributed by atoms with Gasteiger partial charge in [-0.2, -0.15) is 0 Å². The van der Waals surface area contributed by atoms with Crippen LogP contribution in [0.25, 0.3) is 0 Å². The van der Waals surface area contributed by atoms with E-state index < -0.39 is 0 Å². The van der Waals surface area contributed by atoms with Crippen LogP contribution in [-0.4, -0.2) is 47.9 Å². The first-order valence-corrected chi connectivity index (χ1v) is 10.3. The van der Waals surface area contributed by atoms with E-state index in [1.54, 1.807) is 0 Å². The lowest BCUT2D eigenvalue weighted by Gasteiger charge is -2.42. The molecule has 1 aliphatic carbocycles. The fourth-order valence-electron chi connectivity index (χ4n) is 4.65. The summed E-state index contributed by atoms with van der Waals surface area (Å²) in [5, 5.41) is 0. The summed E-state index contributed by atoms with van der Waals surface area (Å²) in [6.45, 7) is 2.47. The molecule has 1 saturated heterocycles. The van der Waals surface area contributed by atoms with Crippen molar-refractivity contribution in [1.29, 1.82) is 0 Å². The van der Waals surface area contributed by atoms with Gasteiger partial charge in [-0.05, 0) is 63.6 Å². The van der Waals surface area contributed by atoms with Gasteiger partial charge in [-0.3, -0.25) is 9.69 Å². The number of rotatable bonds is 7. The number of hydrogen-bond acceptors (Lipinski definition) is 2. The Bertz CT molecular complexity index is 524. The van der Waals surface area contributed by atoms with E-state index in [-0.39, 0.29) is 0 Å². The quantitative estimate of drug-likeness (QED) is 0.691. The van der Waals surface area contributed by atoms with Crippen LogP contribution >= 0.6 is 0 Å². The highest BCUT2D eigenvalue weighted by Gasteiger charge is 2.35. The van der Waals surface area contributed by atoms with E-state index in [9.17, 15) is 4.79 Å². The van der Waals surface area contributed by atoms with Crippen LogP contribution < -0.4 is 0 Å². The van der Waals surface area contributed by atoms with Crippen LogP contribution in [-0.2, 0) is 11.2 Å². The molecule has 3 rings (SSSR count). The highest BCUT2D eigenvalue weighted by atomic mass is 16.2. The van der Waals surface area contributed by atoms with Crippen LogP contribution in [0.3, 0.4) is 0 Å². The number of likely N-dealkylation sites (N-methyl/N-ethyl adjacent to an activating group) is 1. The fraction of sp³-hybridized carbons (Fsp3) is 0.682. The van der Waals surface area contributed by atoms with Crippen LogP contribution in [0, 0.1) is 0 Å².